The maximum Gasteiger partial charge on any atom is 0.289 e. The maximum absolute atomic E-state index is 13.1. The zero-order valence-corrected chi connectivity index (χ0v) is 15.7. The van der Waals surface area contributed by atoms with Gasteiger partial charge in [-0.3, -0.25) is 9.69 Å². The standard InChI is InChI=1S/C17H18ClFN2O4S/c1-26(23,24)16-5-4-15(25-16)17(22)21-8-6-20(7-9-21)11-12-2-3-13(19)10-14(12)18/h2-5,10H,6-9,11H2,1H3. The number of furan rings is 1. The van der Waals surface area contributed by atoms with Gasteiger partial charge < -0.3 is 9.32 Å². The smallest absolute Gasteiger partial charge is 0.289 e. The first-order valence-electron chi connectivity index (χ1n) is 7.99. The summed E-state index contributed by atoms with van der Waals surface area (Å²) in [5, 5.41) is 0.165. The lowest BCUT2D eigenvalue weighted by Gasteiger charge is -2.34. The number of carbonyl (C=O) groups is 1. The Hall–Kier alpha value is -1.90. The number of hydrogen-bond donors (Lipinski definition) is 0. The molecule has 1 saturated heterocycles. The fourth-order valence-corrected chi connectivity index (χ4v) is 3.57. The van der Waals surface area contributed by atoms with Crippen molar-refractivity contribution >= 4 is 27.3 Å². The molecule has 2 aromatic rings. The first kappa shape index (κ1) is 18.9. The van der Waals surface area contributed by atoms with Gasteiger partial charge in [0.2, 0.25) is 14.9 Å². The van der Waals surface area contributed by atoms with Gasteiger partial charge in [-0.25, -0.2) is 12.8 Å². The Morgan fingerprint density at radius 2 is 1.88 bits per heavy atom. The van der Waals surface area contributed by atoms with E-state index in [9.17, 15) is 17.6 Å². The minimum atomic E-state index is -3.48. The molecular formula is C17H18ClFN2O4S. The molecule has 1 aromatic carbocycles. The lowest BCUT2D eigenvalue weighted by Crippen LogP contribution is -2.48. The molecule has 1 aromatic heterocycles. The van der Waals surface area contributed by atoms with Gasteiger partial charge in [0.1, 0.15) is 5.82 Å². The third kappa shape index (κ3) is 4.25. The lowest BCUT2D eigenvalue weighted by molar-refractivity contribution is 0.0592. The molecule has 0 radical (unpaired) electrons. The second kappa shape index (κ2) is 7.38. The van der Waals surface area contributed by atoms with Crippen LogP contribution in [0.3, 0.4) is 0 Å². The van der Waals surface area contributed by atoms with Gasteiger partial charge in [0.05, 0.1) is 0 Å². The van der Waals surface area contributed by atoms with Crippen LogP contribution in [-0.4, -0.2) is 56.6 Å². The Morgan fingerprint density at radius 3 is 2.46 bits per heavy atom. The number of nitrogens with zero attached hydrogens (tertiary/aromatic N) is 2. The molecule has 1 amide bonds. The quantitative estimate of drug-likeness (QED) is 0.788. The third-order valence-corrected chi connectivity index (χ3v) is 5.53. The van der Waals surface area contributed by atoms with Crippen molar-refractivity contribution in [2.75, 3.05) is 32.4 Å². The highest BCUT2D eigenvalue weighted by atomic mass is 35.5. The van der Waals surface area contributed by atoms with Gasteiger partial charge >= 0.3 is 0 Å². The molecule has 3 rings (SSSR count). The van der Waals surface area contributed by atoms with E-state index in [0.29, 0.717) is 37.7 Å². The van der Waals surface area contributed by atoms with Crippen LogP contribution < -0.4 is 0 Å². The highest BCUT2D eigenvalue weighted by Crippen LogP contribution is 2.21. The van der Waals surface area contributed by atoms with Crippen LogP contribution in [0, 0.1) is 5.82 Å². The van der Waals surface area contributed by atoms with E-state index in [2.05, 4.69) is 4.90 Å². The number of piperazine rings is 1. The average Bonchev–Trinajstić information content (AvgIpc) is 3.08. The van der Waals surface area contributed by atoms with Crippen LogP contribution in [0.1, 0.15) is 16.1 Å². The predicted molar refractivity (Wildman–Crippen MR) is 94.4 cm³/mol. The van der Waals surface area contributed by atoms with E-state index in [0.717, 1.165) is 11.8 Å². The molecule has 0 spiro atoms. The van der Waals surface area contributed by atoms with Crippen LogP contribution in [0.15, 0.2) is 39.8 Å². The molecule has 0 unspecified atom stereocenters. The largest absolute Gasteiger partial charge is 0.440 e. The SMILES string of the molecule is CS(=O)(=O)c1ccc(C(=O)N2CCN(Cc3ccc(F)cc3Cl)CC2)o1. The van der Waals surface area contributed by atoms with Crippen molar-refractivity contribution in [2.24, 2.45) is 0 Å². The molecule has 26 heavy (non-hydrogen) atoms. The molecule has 1 fully saturated rings. The fourth-order valence-electron chi connectivity index (χ4n) is 2.79. The fraction of sp³-hybridized carbons (Fsp3) is 0.353. The van der Waals surface area contributed by atoms with E-state index in [1.807, 2.05) is 0 Å². The van der Waals surface area contributed by atoms with Crippen LogP contribution >= 0.6 is 11.6 Å². The van der Waals surface area contributed by atoms with E-state index in [1.165, 1.54) is 24.3 Å². The van der Waals surface area contributed by atoms with Crippen molar-refractivity contribution in [3.63, 3.8) is 0 Å². The summed E-state index contributed by atoms with van der Waals surface area (Å²) in [4.78, 5) is 16.2. The monoisotopic (exact) mass is 400 g/mol. The van der Waals surface area contributed by atoms with Crippen LogP contribution in [0.5, 0.6) is 0 Å². The summed E-state index contributed by atoms with van der Waals surface area (Å²) in [6.45, 7) is 2.78. The van der Waals surface area contributed by atoms with Gasteiger partial charge in [0.25, 0.3) is 5.91 Å². The highest BCUT2D eigenvalue weighted by Gasteiger charge is 2.25. The first-order chi connectivity index (χ1) is 12.2. The van der Waals surface area contributed by atoms with Crippen molar-refractivity contribution in [1.82, 2.24) is 9.80 Å². The Bertz CT molecular complexity index is 921. The Labute approximate surface area is 156 Å². The minimum Gasteiger partial charge on any atom is -0.440 e. The van der Waals surface area contributed by atoms with Crippen molar-refractivity contribution in [1.29, 1.82) is 0 Å². The highest BCUT2D eigenvalue weighted by molar-refractivity contribution is 7.90. The predicted octanol–water partition coefficient (Wildman–Crippen LogP) is 2.43. The lowest BCUT2D eigenvalue weighted by atomic mass is 10.2. The van der Waals surface area contributed by atoms with E-state index in [-0.39, 0.29) is 22.6 Å². The molecule has 0 N–H and O–H groups in total. The average molecular weight is 401 g/mol. The molecular weight excluding hydrogens is 383 g/mol. The number of amides is 1. The Balaban J connectivity index is 1.59. The van der Waals surface area contributed by atoms with Crippen molar-refractivity contribution in [2.45, 2.75) is 11.6 Å². The minimum absolute atomic E-state index is 0.0143. The molecule has 0 aliphatic carbocycles. The van der Waals surface area contributed by atoms with Gasteiger partial charge in [-0.15, -0.1) is 0 Å². The van der Waals surface area contributed by atoms with E-state index in [1.54, 1.807) is 11.0 Å². The number of halogens is 2. The topological polar surface area (TPSA) is 70.8 Å². The summed E-state index contributed by atoms with van der Waals surface area (Å²) in [5.41, 5.74) is 0.830. The summed E-state index contributed by atoms with van der Waals surface area (Å²) in [6, 6.07) is 6.98. The van der Waals surface area contributed by atoms with Crippen LogP contribution in [0.4, 0.5) is 4.39 Å². The zero-order chi connectivity index (χ0) is 18.9. The van der Waals surface area contributed by atoms with E-state index < -0.39 is 9.84 Å². The number of rotatable bonds is 4. The third-order valence-electron chi connectivity index (χ3n) is 4.23. The molecule has 6 nitrogen and oxygen atoms in total. The van der Waals surface area contributed by atoms with Crippen molar-refractivity contribution < 1.29 is 22.0 Å². The summed E-state index contributed by atoms with van der Waals surface area (Å²) >= 11 is 6.05. The van der Waals surface area contributed by atoms with Crippen LogP contribution in [0.2, 0.25) is 5.02 Å². The normalized spacial score (nSPS) is 16.0. The first-order valence-corrected chi connectivity index (χ1v) is 10.3. The second-order valence-corrected chi connectivity index (χ2v) is 8.55. The van der Waals surface area contributed by atoms with Gasteiger partial charge in [0.15, 0.2) is 5.76 Å². The van der Waals surface area contributed by atoms with Gasteiger partial charge in [-0.2, -0.15) is 0 Å². The molecule has 0 atom stereocenters. The van der Waals surface area contributed by atoms with E-state index >= 15 is 0 Å². The summed E-state index contributed by atoms with van der Waals surface area (Å²) in [6.07, 6.45) is 1.03. The molecule has 1 aliphatic heterocycles. The summed E-state index contributed by atoms with van der Waals surface area (Å²) < 4.78 is 41.2. The second-order valence-electron chi connectivity index (χ2n) is 6.19. The molecule has 9 heteroatoms. The van der Waals surface area contributed by atoms with Crippen molar-refractivity contribution in [3.8, 4) is 0 Å². The summed E-state index contributed by atoms with van der Waals surface area (Å²) in [5.74, 6) is -0.694. The Kier molecular flexibility index (Phi) is 5.36. The van der Waals surface area contributed by atoms with E-state index in [4.69, 9.17) is 16.0 Å². The maximum atomic E-state index is 13.1. The molecule has 0 bridgehead atoms. The van der Waals surface area contributed by atoms with Gasteiger partial charge in [-0.05, 0) is 29.8 Å². The number of sulfone groups is 1. The van der Waals surface area contributed by atoms with Crippen LogP contribution in [-0.2, 0) is 16.4 Å². The van der Waals surface area contributed by atoms with Gasteiger partial charge in [-0.1, -0.05) is 17.7 Å². The van der Waals surface area contributed by atoms with Gasteiger partial charge in [0, 0.05) is 44.0 Å². The molecule has 0 saturated carbocycles. The Morgan fingerprint density at radius 1 is 1.19 bits per heavy atom. The summed E-state index contributed by atoms with van der Waals surface area (Å²) in [7, 11) is -3.48. The number of benzene rings is 1. The van der Waals surface area contributed by atoms with Crippen molar-refractivity contribution in [3.05, 3.63) is 52.5 Å². The number of hydrogen-bond acceptors (Lipinski definition) is 5. The molecule has 2 heterocycles. The molecule has 1 aliphatic rings. The molecule has 140 valence electrons. The number of carbonyl (C=O) groups excluding carboxylic acids is 1. The zero-order valence-electron chi connectivity index (χ0n) is 14.1. The van der Waals surface area contributed by atoms with Crippen LogP contribution in [0.25, 0.3) is 0 Å².